The summed E-state index contributed by atoms with van der Waals surface area (Å²) in [7, 11) is 0. The Kier molecular flexibility index (Phi) is 3.21. The summed E-state index contributed by atoms with van der Waals surface area (Å²) in [4.78, 5) is 15.5. The van der Waals surface area contributed by atoms with Gasteiger partial charge in [-0.25, -0.2) is 4.98 Å². The van der Waals surface area contributed by atoms with Gasteiger partial charge < -0.3 is 21.1 Å². The number of hydrogen-bond acceptors (Lipinski definition) is 6. The van der Waals surface area contributed by atoms with E-state index in [2.05, 4.69) is 32.2 Å². The highest BCUT2D eigenvalue weighted by atomic mass is 16.3. The predicted molar refractivity (Wildman–Crippen MR) is 77.2 cm³/mol. The Bertz CT molecular complexity index is 612. The summed E-state index contributed by atoms with van der Waals surface area (Å²) >= 11 is 0. The van der Waals surface area contributed by atoms with Crippen LogP contribution in [0.1, 0.15) is 32.6 Å². The number of aliphatic hydroxyl groups is 1. The standard InChI is InChI=1S/C13H20N6O/c1-8-3-2-4-13(5-8,6-20)19-11-9-10(16-7-15-9)17-12(14)18-11/h7-8,20H,2-6H2,1H3,(H4,14,15,16,17,18,19). The number of aliphatic hydroxyl groups excluding tert-OH is 1. The summed E-state index contributed by atoms with van der Waals surface area (Å²) in [5, 5.41) is 13.2. The van der Waals surface area contributed by atoms with Gasteiger partial charge in [-0.2, -0.15) is 9.97 Å². The van der Waals surface area contributed by atoms with Crippen LogP contribution in [0.15, 0.2) is 6.33 Å². The second-order valence-corrected chi connectivity index (χ2v) is 5.80. The molecular formula is C13H20N6O. The van der Waals surface area contributed by atoms with Gasteiger partial charge in [0.05, 0.1) is 18.5 Å². The minimum absolute atomic E-state index is 0.0802. The lowest BCUT2D eigenvalue weighted by Crippen LogP contribution is -2.46. The number of fused-ring (bicyclic) bond motifs is 1. The van der Waals surface area contributed by atoms with Crippen LogP contribution in [-0.2, 0) is 0 Å². The molecule has 0 spiro atoms. The van der Waals surface area contributed by atoms with E-state index in [1.54, 1.807) is 6.33 Å². The number of nitrogens with one attached hydrogen (secondary N) is 2. The van der Waals surface area contributed by atoms with Crippen molar-refractivity contribution in [2.24, 2.45) is 5.92 Å². The first-order valence-corrected chi connectivity index (χ1v) is 6.97. The zero-order valence-corrected chi connectivity index (χ0v) is 11.6. The summed E-state index contributed by atoms with van der Waals surface area (Å²) in [6, 6.07) is 0. The maximum atomic E-state index is 9.85. The summed E-state index contributed by atoms with van der Waals surface area (Å²) in [6.45, 7) is 2.29. The van der Waals surface area contributed by atoms with Gasteiger partial charge in [-0.3, -0.25) is 0 Å². The Hall–Kier alpha value is -1.89. The van der Waals surface area contributed by atoms with E-state index < -0.39 is 0 Å². The molecule has 1 fully saturated rings. The monoisotopic (exact) mass is 276 g/mol. The number of H-pyrrole nitrogens is 1. The molecule has 0 radical (unpaired) electrons. The van der Waals surface area contributed by atoms with Crippen LogP contribution < -0.4 is 11.1 Å². The van der Waals surface area contributed by atoms with Crippen molar-refractivity contribution in [2.45, 2.75) is 38.1 Å². The maximum Gasteiger partial charge on any atom is 0.224 e. The van der Waals surface area contributed by atoms with Crippen molar-refractivity contribution in [2.75, 3.05) is 17.7 Å². The molecule has 108 valence electrons. The topological polar surface area (TPSA) is 113 Å². The molecule has 2 unspecified atom stereocenters. The fourth-order valence-electron chi connectivity index (χ4n) is 3.15. The van der Waals surface area contributed by atoms with Crippen LogP contribution in [0.2, 0.25) is 0 Å². The maximum absolute atomic E-state index is 9.85. The van der Waals surface area contributed by atoms with Gasteiger partial charge in [0.1, 0.15) is 5.52 Å². The molecule has 2 atom stereocenters. The molecule has 0 saturated heterocycles. The zero-order chi connectivity index (χ0) is 14.2. The third-order valence-corrected chi connectivity index (χ3v) is 4.08. The average Bonchev–Trinajstić information content (AvgIpc) is 2.87. The van der Waals surface area contributed by atoms with Gasteiger partial charge in [-0.1, -0.05) is 19.8 Å². The van der Waals surface area contributed by atoms with Gasteiger partial charge in [0.2, 0.25) is 5.95 Å². The Balaban J connectivity index is 1.96. The number of hydrogen-bond donors (Lipinski definition) is 4. The molecule has 20 heavy (non-hydrogen) atoms. The SMILES string of the molecule is CC1CCCC(CO)(Nc2nc(N)nc3nc[nH]c23)C1. The number of nitrogens with zero attached hydrogens (tertiary/aromatic N) is 3. The lowest BCUT2D eigenvalue weighted by atomic mass is 9.77. The van der Waals surface area contributed by atoms with E-state index in [4.69, 9.17) is 5.73 Å². The lowest BCUT2D eigenvalue weighted by Gasteiger charge is -2.39. The van der Waals surface area contributed by atoms with Crippen LogP contribution in [0, 0.1) is 5.92 Å². The normalized spacial score (nSPS) is 26.8. The minimum atomic E-state index is -0.337. The molecule has 1 saturated carbocycles. The fraction of sp³-hybridized carbons (Fsp3) is 0.615. The predicted octanol–water partition coefficient (Wildman–Crippen LogP) is 1.29. The van der Waals surface area contributed by atoms with Gasteiger partial charge in [-0.15, -0.1) is 0 Å². The number of nitrogen functional groups attached to an aromatic ring is 1. The van der Waals surface area contributed by atoms with E-state index in [1.807, 2.05) is 0 Å². The van der Waals surface area contributed by atoms with Gasteiger partial charge >= 0.3 is 0 Å². The van der Waals surface area contributed by atoms with Crippen molar-refractivity contribution in [3.8, 4) is 0 Å². The third kappa shape index (κ3) is 2.29. The van der Waals surface area contributed by atoms with Crippen molar-refractivity contribution >= 4 is 22.9 Å². The van der Waals surface area contributed by atoms with Gasteiger partial charge in [0.25, 0.3) is 0 Å². The molecule has 0 aromatic carbocycles. The molecule has 7 nitrogen and oxygen atoms in total. The van der Waals surface area contributed by atoms with Crippen LogP contribution >= 0.6 is 0 Å². The second kappa shape index (κ2) is 4.90. The molecule has 2 aromatic heterocycles. The molecule has 3 rings (SSSR count). The van der Waals surface area contributed by atoms with E-state index in [1.165, 1.54) is 6.42 Å². The minimum Gasteiger partial charge on any atom is -0.394 e. The highest BCUT2D eigenvalue weighted by Gasteiger charge is 2.35. The summed E-state index contributed by atoms with van der Waals surface area (Å²) in [5.41, 5.74) is 6.65. The van der Waals surface area contributed by atoms with Gasteiger partial charge in [-0.05, 0) is 18.8 Å². The number of aromatic nitrogens is 4. The highest BCUT2D eigenvalue weighted by Crippen LogP contribution is 2.35. The van der Waals surface area contributed by atoms with E-state index in [-0.39, 0.29) is 18.1 Å². The average molecular weight is 276 g/mol. The first kappa shape index (κ1) is 13.1. The lowest BCUT2D eigenvalue weighted by molar-refractivity contribution is 0.149. The van der Waals surface area contributed by atoms with Crippen molar-refractivity contribution < 1.29 is 5.11 Å². The molecule has 2 heterocycles. The fourth-order valence-corrected chi connectivity index (χ4v) is 3.15. The van der Waals surface area contributed by atoms with E-state index >= 15 is 0 Å². The molecule has 1 aliphatic carbocycles. The zero-order valence-electron chi connectivity index (χ0n) is 11.6. The molecule has 7 heteroatoms. The number of imidazole rings is 1. The first-order chi connectivity index (χ1) is 9.62. The number of aromatic amines is 1. The van der Waals surface area contributed by atoms with Crippen LogP contribution in [0.3, 0.4) is 0 Å². The quantitative estimate of drug-likeness (QED) is 0.672. The Labute approximate surface area is 117 Å². The van der Waals surface area contributed by atoms with Crippen molar-refractivity contribution in [3.05, 3.63) is 6.33 Å². The number of nitrogens with two attached hydrogens (primary N) is 1. The molecule has 2 aromatic rings. The van der Waals surface area contributed by atoms with Gasteiger partial charge in [0, 0.05) is 0 Å². The second-order valence-electron chi connectivity index (χ2n) is 5.80. The summed E-state index contributed by atoms with van der Waals surface area (Å²) in [5.74, 6) is 1.39. The summed E-state index contributed by atoms with van der Waals surface area (Å²) in [6.07, 6.45) is 5.71. The number of anilines is 2. The van der Waals surface area contributed by atoms with Crippen LogP contribution in [0.5, 0.6) is 0 Å². The van der Waals surface area contributed by atoms with Crippen molar-refractivity contribution in [3.63, 3.8) is 0 Å². The Morgan fingerprint density at radius 2 is 2.40 bits per heavy atom. The Morgan fingerprint density at radius 1 is 1.55 bits per heavy atom. The third-order valence-electron chi connectivity index (χ3n) is 4.08. The molecule has 0 bridgehead atoms. The van der Waals surface area contributed by atoms with Crippen LogP contribution in [0.4, 0.5) is 11.8 Å². The highest BCUT2D eigenvalue weighted by molar-refractivity contribution is 5.83. The van der Waals surface area contributed by atoms with Crippen LogP contribution in [0.25, 0.3) is 11.2 Å². The molecule has 0 aliphatic heterocycles. The van der Waals surface area contributed by atoms with E-state index in [0.717, 1.165) is 24.8 Å². The smallest absolute Gasteiger partial charge is 0.224 e. The summed E-state index contributed by atoms with van der Waals surface area (Å²) < 4.78 is 0. The van der Waals surface area contributed by atoms with Gasteiger partial charge in [0.15, 0.2) is 11.5 Å². The van der Waals surface area contributed by atoms with Crippen molar-refractivity contribution in [1.82, 2.24) is 19.9 Å². The van der Waals surface area contributed by atoms with Crippen molar-refractivity contribution in [1.29, 1.82) is 0 Å². The number of rotatable bonds is 3. The first-order valence-electron chi connectivity index (χ1n) is 6.97. The van der Waals surface area contributed by atoms with Crippen LogP contribution in [-0.4, -0.2) is 37.2 Å². The molecule has 5 N–H and O–H groups in total. The largest absolute Gasteiger partial charge is 0.394 e. The molecule has 0 amide bonds. The van der Waals surface area contributed by atoms with E-state index in [9.17, 15) is 5.11 Å². The molecule has 1 aliphatic rings. The Morgan fingerprint density at radius 3 is 3.15 bits per heavy atom. The molecular weight excluding hydrogens is 256 g/mol. The van der Waals surface area contributed by atoms with E-state index in [0.29, 0.717) is 17.4 Å².